The van der Waals surface area contributed by atoms with Gasteiger partial charge in [-0.2, -0.15) is 0 Å². The molecule has 5 heteroatoms. The smallest absolute Gasteiger partial charge is 0.313 e. The van der Waals surface area contributed by atoms with E-state index in [4.69, 9.17) is 4.74 Å². The zero-order valence-corrected chi connectivity index (χ0v) is 10.3. The van der Waals surface area contributed by atoms with Crippen molar-refractivity contribution in [1.29, 1.82) is 0 Å². The molecule has 0 fully saturated rings. The number of para-hydroxylation sites is 1. The molecule has 0 radical (unpaired) electrons. The van der Waals surface area contributed by atoms with E-state index in [1.165, 1.54) is 6.07 Å². The second-order valence-electron chi connectivity index (χ2n) is 4.32. The standard InChI is InChI=1S/C12H17NO4/c1-4-12(3,14)8-17-10-7-5-6-9(2)11(10)13(15)16/h5-7,14H,4,8H2,1-3H3. The Kier molecular flexibility index (Phi) is 4.07. The summed E-state index contributed by atoms with van der Waals surface area (Å²) in [4.78, 5) is 10.4. The van der Waals surface area contributed by atoms with Crippen LogP contribution in [0.15, 0.2) is 18.2 Å². The Morgan fingerprint density at radius 2 is 2.18 bits per heavy atom. The maximum absolute atomic E-state index is 10.9. The second-order valence-corrected chi connectivity index (χ2v) is 4.32. The summed E-state index contributed by atoms with van der Waals surface area (Å²) >= 11 is 0. The summed E-state index contributed by atoms with van der Waals surface area (Å²) in [5, 5.41) is 20.7. The molecule has 0 amide bonds. The van der Waals surface area contributed by atoms with E-state index in [1.54, 1.807) is 26.0 Å². The van der Waals surface area contributed by atoms with Gasteiger partial charge >= 0.3 is 5.69 Å². The first-order valence-corrected chi connectivity index (χ1v) is 5.46. The summed E-state index contributed by atoms with van der Waals surface area (Å²) in [6.45, 7) is 5.15. The van der Waals surface area contributed by atoms with Gasteiger partial charge in [-0.25, -0.2) is 0 Å². The quantitative estimate of drug-likeness (QED) is 0.632. The number of nitrogens with zero attached hydrogens (tertiary/aromatic N) is 1. The highest BCUT2D eigenvalue weighted by atomic mass is 16.6. The SMILES string of the molecule is CCC(C)(O)COc1cccc(C)c1[N+](=O)[O-]. The van der Waals surface area contributed by atoms with Gasteiger partial charge in [0.05, 0.1) is 10.5 Å². The third kappa shape index (κ3) is 3.42. The van der Waals surface area contributed by atoms with Crippen molar-refractivity contribution in [2.24, 2.45) is 0 Å². The Morgan fingerprint density at radius 1 is 1.53 bits per heavy atom. The van der Waals surface area contributed by atoms with Crippen LogP contribution in [0.4, 0.5) is 5.69 Å². The van der Waals surface area contributed by atoms with Crippen LogP contribution in [0, 0.1) is 17.0 Å². The summed E-state index contributed by atoms with van der Waals surface area (Å²) in [7, 11) is 0. The molecule has 0 saturated heterocycles. The van der Waals surface area contributed by atoms with Crippen molar-refractivity contribution in [2.75, 3.05) is 6.61 Å². The molecule has 0 spiro atoms. The number of aliphatic hydroxyl groups is 1. The average Bonchev–Trinajstić information content (AvgIpc) is 2.26. The number of aryl methyl sites for hydroxylation is 1. The zero-order chi connectivity index (χ0) is 13.1. The Bertz CT molecular complexity index is 415. The molecule has 94 valence electrons. The fourth-order valence-electron chi connectivity index (χ4n) is 1.32. The first-order valence-electron chi connectivity index (χ1n) is 5.46. The van der Waals surface area contributed by atoms with Crippen molar-refractivity contribution in [3.8, 4) is 5.75 Å². The first-order chi connectivity index (χ1) is 7.87. The Hall–Kier alpha value is -1.62. The van der Waals surface area contributed by atoms with Gasteiger partial charge in [-0.05, 0) is 26.3 Å². The Morgan fingerprint density at radius 3 is 2.71 bits per heavy atom. The van der Waals surface area contributed by atoms with Crippen molar-refractivity contribution < 1.29 is 14.8 Å². The number of ether oxygens (including phenoxy) is 1. The van der Waals surface area contributed by atoms with Gasteiger partial charge in [0.25, 0.3) is 0 Å². The Labute approximate surface area is 100 Å². The van der Waals surface area contributed by atoms with Crippen LogP contribution in [0.2, 0.25) is 0 Å². The van der Waals surface area contributed by atoms with Gasteiger partial charge in [-0.15, -0.1) is 0 Å². The first kappa shape index (κ1) is 13.4. The van der Waals surface area contributed by atoms with Crippen LogP contribution in [-0.2, 0) is 0 Å². The van der Waals surface area contributed by atoms with Crippen LogP contribution in [0.5, 0.6) is 5.75 Å². The predicted octanol–water partition coefficient (Wildman–Crippen LogP) is 2.44. The summed E-state index contributed by atoms with van der Waals surface area (Å²) in [5.74, 6) is 0.198. The maximum Gasteiger partial charge on any atom is 0.313 e. The van der Waals surface area contributed by atoms with E-state index in [-0.39, 0.29) is 18.0 Å². The van der Waals surface area contributed by atoms with Gasteiger partial charge in [0.2, 0.25) is 0 Å². The normalized spacial score (nSPS) is 14.1. The lowest BCUT2D eigenvalue weighted by atomic mass is 10.1. The molecular formula is C12H17NO4. The van der Waals surface area contributed by atoms with Gasteiger partial charge in [0.1, 0.15) is 6.61 Å². The fourth-order valence-corrected chi connectivity index (χ4v) is 1.32. The lowest BCUT2D eigenvalue weighted by Crippen LogP contribution is -2.31. The molecule has 0 saturated carbocycles. The third-order valence-corrected chi connectivity index (χ3v) is 2.68. The minimum Gasteiger partial charge on any atom is -0.484 e. The predicted molar refractivity (Wildman–Crippen MR) is 64.2 cm³/mol. The molecular weight excluding hydrogens is 222 g/mol. The fraction of sp³-hybridized carbons (Fsp3) is 0.500. The Balaban J connectivity index is 2.92. The number of nitro groups is 1. The lowest BCUT2D eigenvalue weighted by Gasteiger charge is -2.21. The van der Waals surface area contributed by atoms with Crippen molar-refractivity contribution >= 4 is 5.69 Å². The molecule has 0 heterocycles. The molecule has 0 aromatic heterocycles. The van der Waals surface area contributed by atoms with Crippen LogP contribution in [0.3, 0.4) is 0 Å². The van der Waals surface area contributed by atoms with Gasteiger partial charge < -0.3 is 9.84 Å². The average molecular weight is 239 g/mol. The molecule has 1 unspecified atom stereocenters. The molecule has 0 aliphatic heterocycles. The summed E-state index contributed by atoms with van der Waals surface area (Å²) in [6.07, 6.45) is 0.520. The minimum atomic E-state index is -0.975. The summed E-state index contributed by atoms with van der Waals surface area (Å²) in [5.41, 5.74) is -0.472. The van der Waals surface area contributed by atoms with Gasteiger partial charge in [0, 0.05) is 5.56 Å². The molecule has 1 N–H and O–H groups in total. The van der Waals surface area contributed by atoms with Crippen LogP contribution < -0.4 is 4.74 Å². The molecule has 1 rings (SSSR count). The van der Waals surface area contributed by atoms with Crippen molar-refractivity contribution in [2.45, 2.75) is 32.8 Å². The summed E-state index contributed by atoms with van der Waals surface area (Å²) in [6, 6.07) is 4.89. The highest BCUT2D eigenvalue weighted by molar-refractivity contribution is 5.52. The number of rotatable bonds is 5. The monoisotopic (exact) mass is 239 g/mol. The lowest BCUT2D eigenvalue weighted by molar-refractivity contribution is -0.386. The van der Waals surface area contributed by atoms with Crippen LogP contribution in [0.1, 0.15) is 25.8 Å². The largest absolute Gasteiger partial charge is 0.484 e. The van der Waals surface area contributed by atoms with E-state index in [2.05, 4.69) is 0 Å². The highest BCUT2D eigenvalue weighted by Crippen LogP contribution is 2.30. The number of hydrogen-bond donors (Lipinski definition) is 1. The van der Waals surface area contributed by atoms with Crippen molar-refractivity contribution in [1.82, 2.24) is 0 Å². The minimum absolute atomic E-state index is 0.0355. The van der Waals surface area contributed by atoms with E-state index in [9.17, 15) is 15.2 Å². The highest BCUT2D eigenvalue weighted by Gasteiger charge is 2.23. The maximum atomic E-state index is 10.9. The second kappa shape index (κ2) is 5.14. The molecule has 1 atom stereocenters. The number of nitro benzene ring substituents is 1. The van der Waals surface area contributed by atoms with E-state index < -0.39 is 10.5 Å². The molecule has 1 aromatic carbocycles. The van der Waals surface area contributed by atoms with Gasteiger partial charge in [0.15, 0.2) is 5.75 Å². The topological polar surface area (TPSA) is 72.6 Å². The van der Waals surface area contributed by atoms with Crippen LogP contribution in [-0.4, -0.2) is 22.2 Å². The number of hydrogen-bond acceptors (Lipinski definition) is 4. The van der Waals surface area contributed by atoms with Gasteiger partial charge in [-0.1, -0.05) is 19.1 Å². The molecule has 17 heavy (non-hydrogen) atoms. The van der Waals surface area contributed by atoms with Crippen molar-refractivity contribution in [3.63, 3.8) is 0 Å². The van der Waals surface area contributed by atoms with Crippen molar-refractivity contribution in [3.05, 3.63) is 33.9 Å². The molecule has 0 aliphatic carbocycles. The molecule has 0 aliphatic rings. The van der Waals surface area contributed by atoms with E-state index in [0.29, 0.717) is 12.0 Å². The molecule has 1 aromatic rings. The molecule has 5 nitrogen and oxygen atoms in total. The van der Waals surface area contributed by atoms with E-state index in [1.807, 2.05) is 6.92 Å². The molecule has 0 bridgehead atoms. The number of benzene rings is 1. The zero-order valence-electron chi connectivity index (χ0n) is 10.3. The van der Waals surface area contributed by atoms with Gasteiger partial charge in [-0.3, -0.25) is 10.1 Å². The van der Waals surface area contributed by atoms with Crippen LogP contribution in [0.25, 0.3) is 0 Å². The van der Waals surface area contributed by atoms with E-state index >= 15 is 0 Å². The van der Waals surface area contributed by atoms with E-state index in [0.717, 1.165) is 0 Å². The third-order valence-electron chi connectivity index (χ3n) is 2.68. The van der Waals surface area contributed by atoms with Crippen LogP contribution >= 0.6 is 0 Å². The summed E-state index contributed by atoms with van der Waals surface area (Å²) < 4.78 is 5.34.